The Labute approximate surface area is 127 Å². The summed E-state index contributed by atoms with van der Waals surface area (Å²) in [6.45, 7) is 3.96. The Kier molecular flexibility index (Phi) is 3.72. The maximum atomic E-state index is 13.4. The summed E-state index contributed by atoms with van der Waals surface area (Å²) in [5.41, 5.74) is 1.53. The van der Waals surface area contributed by atoms with Crippen molar-refractivity contribution in [3.63, 3.8) is 0 Å². The Balaban J connectivity index is 2.16. The van der Waals surface area contributed by atoms with Gasteiger partial charge in [0.15, 0.2) is 0 Å². The fourth-order valence-corrected chi connectivity index (χ4v) is 2.79. The molecule has 0 N–H and O–H groups in total. The van der Waals surface area contributed by atoms with Crippen molar-refractivity contribution in [1.82, 2.24) is 9.55 Å². The molecule has 0 bridgehead atoms. The molecular formula is C16H16ClFN2O. The number of nitrogens with zero attached hydrogens (tertiary/aromatic N) is 2. The first-order valence-corrected chi connectivity index (χ1v) is 7.42. The second-order valence-corrected chi connectivity index (χ2v) is 5.47. The van der Waals surface area contributed by atoms with Crippen LogP contribution < -0.4 is 0 Å². The van der Waals surface area contributed by atoms with Crippen LogP contribution in [0.4, 0.5) is 4.39 Å². The minimum Gasteiger partial charge on any atom is -0.464 e. The highest BCUT2D eigenvalue weighted by Crippen LogP contribution is 2.28. The second kappa shape index (κ2) is 5.53. The van der Waals surface area contributed by atoms with Crippen molar-refractivity contribution >= 4 is 22.6 Å². The molecule has 2 aromatic heterocycles. The number of alkyl halides is 1. The van der Waals surface area contributed by atoms with Crippen molar-refractivity contribution in [2.45, 2.75) is 26.3 Å². The Bertz CT molecular complexity index is 778. The van der Waals surface area contributed by atoms with Gasteiger partial charge in [-0.25, -0.2) is 9.37 Å². The van der Waals surface area contributed by atoms with Crippen LogP contribution in [0.25, 0.3) is 11.0 Å². The van der Waals surface area contributed by atoms with Gasteiger partial charge in [0.2, 0.25) is 0 Å². The largest absolute Gasteiger partial charge is 0.464 e. The van der Waals surface area contributed by atoms with E-state index in [2.05, 4.69) is 9.55 Å². The first-order valence-electron chi connectivity index (χ1n) is 6.89. The van der Waals surface area contributed by atoms with Crippen LogP contribution in [0.2, 0.25) is 0 Å². The predicted octanol–water partition coefficient (Wildman–Crippen LogP) is 4.47. The van der Waals surface area contributed by atoms with E-state index in [1.807, 2.05) is 26.0 Å². The summed E-state index contributed by atoms with van der Waals surface area (Å²) in [6, 6.07) is 8.52. The van der Waals surface area contributed by atoms with Crippen molar-refractivity contribution in [2.75, 3.05) is 5.88 Å². The molecule has 0 saturated heterocycles. The van der Waals surface area contributed by atoms with Crippen LogP contribution in [-0.4, -0.2) is 15.4 Å². The van der Waals surface area contributed by atoms with Gasteiger partial charge in [-0.1, -0.05) is 0 Å². The summed E-state index contributed by atoms with van der Waals surface area (Å²) in [7, 11) is 0. The minimum atomic E-state index is -0.286. The fourth-order valence-electron chi connectivity index (χ4n) is 2.62. The summed E-state index contributed by atoms with van der Waals surface area (Å²) < 4.78 is 21.2. The lowest BCUT2D eigenvalue weighted by atomic mass is 10.2. The number of imidazole rings is 1. The number of hydrogen-bond donors (Lipinski definition) is 0. The van der Waals surface area contributed by atoms with Crippen LogP contribution >= 0.6 is 11.6 Å². The number of rotatable bonds is 4. The van der Waals surface area contributed by atoms with E-state index in [0.717, 1.165) is 22.9 Å². The first-order chi connectivity index (χ1) is 10.1. The van der Waals surface area contributed by atoms with E-state index in [-0.39, 0.29) is 11.9 Å². The monoisotopic (exact) mass is 306 g/mol. The number of hydrogen-bond acceptors (Lipinski definition) is 2. The molecule has 0 fully saturated rings. The lowest BCUT2D eigenvalue weighted by molar-refractivity contribution is 0.428. The van der Waals surface area contributed by atoms with Crippen molar-refractivity contribution < 1.29 is 8.81 Å². The zero-order valence-electron chi connectivity index (χ0n) is 11.9. The lowest BCUT2D eigenvalue weighted by Crippen LogP contribution is -2.10. The molecule has 1 unspecified atom stereocenters. The highest BCUT2D eigenvalue weighted by atomic mass is 35.5. The van der Waals surface area contributed by atoms with Crippen molar-refractivity contribution in [3.8, 4) is 0 Å². The summed E-state index contributed by atoms with van der Waals surface area (Å²) in [5.74, 6) is 2.74. The Morgan fingerprint density at radius 3 is 2.81 bits per heavy atom. The Morgan fingerprint density at radius 2 is 2.14 bits per heavy atom. The van der Waals surface area contributed by atoms with E-state index >= 15 is 0 Å². The topological polar surface area (TPSA) is 31.0 Å². The van der Waals surface area contributed by atoms with E-state index in [1.165, 1.54) is 12.1 Å². The number of fused-ring (bicyclic) bond motifs is 1. The number of furan rings is 1. The predicted molar refractivity (Wildman–Crippen MR) is 81.4 cm³/mol. The molecule has 0 spiro atoms. The number of aryl methyl sites for hydroxylation is 2. The summed E-state index contributed by atoms with van der Waals surface area (Å²) in [6.07, 6.45) is 0.627. The van der Waals surface area contributed by atoms with Gasteiger partial charge in [0.05, 0.1) is 17.1 Å². The molecule has 0 aliphatic carbocycles. The van der Waals surface area contributed by atoms with E-state index in [1.54, 1.807) is 6.07 Å². The molecule has 1 atom stereocenters. The van der Waals surface area contributed by atoms with Crippen molar-refractivity contribution in [1.29, 1.82) is 0 Å². The first kappa shape index (κ1) is 14.1. The molecule has 0 amide bonds. The molecule has 3 rings (SSSR count). The number of benzene rings is 1. The summed E-state index contributed by atoms with van der Waals surface area (Å²) >= 11 is 5.87. The summed E-state index contributed by atoms with van der Waals surface area (Å²) in [5, 5.41) is 0. The van der Waals surface area contributed by atoms with Gasteiger partial charge in [-0.2, -0.15) is 0 Å². The lowest BCUT2D eigenvalue weighted by Gasteiger charge is -2.15. The van der Waals surface area contributed by atoms with Gasteiger partial charge in [0.1, 0.15) is 23.2 Å². The van der Waals surface area contributed by atoms with Crippen LogP contribution in [0.3, 0.4) is 0 Å². The smallest absolute Gasteiger partial charge is 0.126 e. The molecule has 0 radical (unpaired) electrons. The van der Waals surface area contributed by atoms with Gasteiger partial charge in [-0.05, 0) is 38.1 Å². The molecule has 2 heterocycles. The van der Waals surface area contributed by atoms with Gasteiger partial charge >= 0.3 is 0 Å². The highest BCUT2D eigenvalue weighted by Gasteiger charge is 2.19. The van der Waals surface area contributed by atoms with Gasteiger partial charge in [-0.3, -0.25) is 0 Å². The van der Waals surface area contributed by atoms with Gasteiger partial charge in [-0.15, -0.1) is 11.6 Å². The third-order valence-electron chi connectivity index (χ3n) is 3.60. The van der Waals surface area contributed by atoms with Crippen LogP contribution in [0.5, 0.6) is 0 Å². The third kappa shape index (κ3) is 2.56. The average Bonchev–Trinajstić information content (AvgIpc) is 3.01. The van der Waals surface area contributed by atoms with Crippen LogP contribution in [-0.2, 0) is 6.42 Å². The molecule has 0 aliphatic heterocycles. The normalized spacial score (nSPS) is 13.0. The molecule has 110 valence electrons. The molecule has 21 heavy (non-hydrogen) atoms. The van der Waals surface area contributed by atoms with Crippen molar-refractivity contribution in [2.24, 2.45) is 0 Å². The zero-order chi connectivity index (χ0) is 15.0. The molecule has 0 saturated carbocycles. The standard InChI is InChI=1S/C16H16ClFN2O/c1-10-3-6-15(21-10)11(2)20-14-5-4-12(18)9-13(14)19-16(20)7-8-17/h3-6,9,11H,7-8H2,1-2H3. The number of halogens is 2. The third-order valence-corrected chi connectivity index (χ3v) is 3.79. The van der Waals surface area contributed by atoms with Crippen molar-refractivity contribution in [3.05, 3.63) is 53.5 Å². The molecular weight excluding hydrogens is 291 g/mol. The van der Waals surface area contributed by atoms with E-state index in [0.29, 0.717) is 17.8 Å². The molecule has 0 aliphatic rings. The molecule has 5 heteroatoms. The molecule has 1 aromatic carbocycles. The fraction of sp³-hybridized carbons (Fsp3) is 0.312. The highest BCUT2D eigenvalue weighted by molar-refractivity contribution is 6.17. The van der Waals surface area contributed by atoms with E-state index in [4.69, 9.17) is 16.0 Å². The van der Waals surface area contributed by atoms with Gasteiger partial charge in [0, 0.05) is 18.4 Å². The average molecular weight is 307 g/mol. The second-order valence-electron chi connectivity index (χ2n) is 5.09. The maximum Gasteiger partial charge on any atom is 0.126 e. The Morgan fingerprint density at radius 1 is 1.33 bits per heavy atom. The van der Waals surface area contributed by atoms with E-state index in [9.17, 15) is 4.39 Å². The quantitative estimate of drug-likeness (QED) is 0.666. The van der Waals surface area contributed by atoms with Gasteiger partial charge < -0.3 is 8.98 Å². The number of aromatic nitrogens is 2. The Hall–Kier alpha value is -1.81. The molecule has 3 aromatic rings. The van der Waals surface area contributed by atoms with Crippen LogP contribution in [0.15, 0.2) is 34.7 Å². The van der Waals surface area contributed by atoms with Crippen LogP contribution in [0.1, 0.15) is 30.3 Å². The SMILES string of the molecule is Cc1ccc(C(C)n2c(CCCl)nc3cc(F)ccc32)o1. The minimum absolute atomic E-state index is 0.0209. The van der Waals surface area contributed by atoms with E-state index < -0.39 is 0 Å². The van der Waals surface area contributed by atoms with Crippen LogP contribution in [0, 0.1) is 12.7 Å². The zero-order valence-corrected chi connectivity index (χ0v) is 12.7. The maximum absolute atomic E-state index is 13.4. The summed E-state index contributed by atoms with van der Waals surface area (Å²) in [4.78, 5) is 4.51. The molecule has 3 nitrogen and oxygen atoms in total. The van der Waals surface area contributed by atoms with Gasteiger partial charge in [0.25, 0.3) is 0 Å².